The smallest absolute Gasteiger partial charge is 0.266 e. The van der Waals surface area contributed by atoms with E-state index in [-0.39, 0.29) is 11.6 Å². The minimum Gasteiger partial charge on any atom is -0.266 e. The fraction of sp³-hybridized carbons (Fsp3) is 0.278. The summed E-state index contributed by atoms with van der Waals surface area (Å²) >= 11 is 0. The number of pyridine rings is 1. The molecule has 1 unspecified atom stereocenters. The summed E-state index contributed by atoms with van der Waals surface area (Å²) in [5.41, 5.74) is -2.93. The highest BCUT2D eigenvalue weighted by Crippen LogP contribution is 2.33. The normalized spacial score (nSPS) is 13.0. The van der Waals surface area contributed by atoms with Gasteiger partial charge in [-0.05, 0) is 18.4 Å². The molecular formula is C18H16F3N3O. The Kier molecular flexibility index (Phi) is 5.42. The molecular weight excluding hydrogens is 331 g/mol. The number of hydrogen-bond donors (Lipinski definition) is 0. The summed E-state index contributed by atoms with van der Waals surface area (Å²) in [7, 11) is 0. The number of alkyl halides is 3. The molecule has 0 fully saturated rings. The lowest BCUT2D eigenvalue weighted by molar-refractivity contribution is -0.137. The Morgan fingerprint density at radius 2 is 1.96 bits per heavy atom. The van der Waals surface area contributed by atoms with E-state index < -0.39 is 22.9 Å². The van der Waals surface area contributed by atoms with Crippen LogP contribution in [0.3, 0.4) is 0 Å². The highest BCUT2D eigenvalue weighted by Gasteiger charge is 2.36. The third kappa shape index (κ3) is 3.97. The second-order valence-corrected chi connectivity index (χ2v) is 5.56. The quantitative estimate of drug-likeness (QED) is 0.775. The number of hydrogen-bond acceptors (Lipinski definition) is 3. The Balaban J connectivity index is 2.83. The van der Waals surface area contributed by atoms with E-state index in [0.717, 1.165) is 17.2 Å². The molecule has 0 aliphatic heterocycles. The molecule has 1 atom stereocenters. The minimum absolute atomic E-state index is 0.0171. The van der Waals surface area contributed by atoms with Crippen LogP contribution >= 0.6 is 0 Å². The Morgan fingerprint density at radius 1 is 1.32 bits per heavy atom. The van der Waals surface area contributed by atoms with E-state index >= 15 is 0 Å². The third-order valence-electron chi connectivity index (χ3n) is 3.75. The summed E-state index contributed by atoms with van der Waals surface area (Å²) in [4.78, 5) is 12.5. The highest BCUT2D eigenvalue weighted by atomic mass is 19.4. The van der Waals surface area contributed by atoms with Gasteiger partial charge in [-0.2, -0.15) is 28.2 Å². The number of rotatable bonds is 4. The molecule has 0 saturated carbocycles. The molecule has 7 heteroatoms. The first kappa shape index (κ1) is 18.5. The Labute approximate surface area is 142 Å². The van der Waals surface area contributed by atoms with Crippen LogP contribution in [0.25, 0.3) is 11.3 Å². The molecule has 0 spiro atoms. The van der Waals surface area contributed by atoms with Crippen molar-refractivity contribution in [1.29, 1.82) is 5.26 Å². The number of nitriles is 1. The number of aromatic nitrogens is 1. The molecule has 4 nitrogen and oxygen atoms in total. The largest absolute Gasteiger partial charge is 0.417 e. The van der Waals surface area contributed by atoms with Gasteiger partial charge in [-0.25, -0.2) is 0 Å². The van der Waals surface area contributed by atoms with E-state index in [2.05, 4.69) is 5.10 Å². The lowest BCUT2D eigenvalue weighted by Crippen LogP contribution is -2.26. The van der Waals surface area contributed by atoms with Crippen molar-refractivity contribution >= 4 is 6.21 Å². The van der Waals surface area contributed by atoms with Gasteiger partial charge < -0.3 is 0 Å². The minimum atomic E-state index is -4.81. The van der Waals surface area contributed by atoms with Gasteiger partial charge in [0.1, 0.15) is 11.6 Å². The highest BCUT2D eigenvalue weighted by molar-refractivity contribution is 5.65. The first-order valence-corrected chi connectivity index (χ1v) is 7.66. The molecule has 0 saturated heterocycles. The van der Waals surface area contributed by atoms with Crippen molar-refractivity contribution in [3.8, 4) is 17.3 Å². The Hall–Kier alpha value is -2.88. The van der Waals surface area contributed by atoms with Gasteiger partial charge in [-0.1, -0.05) is 44.2 Å². The molecule has 130 valence electrons. The summed E-state index contributed by atoms with van der Waals surface area (Å²) in [5, 5.41) is 13.1. The van der Waals surface area contributed by atoms with Crippen LogP contribution in [0.2, 0.25) is 0 Å². The predicted octanol–water partition coefficient (Wildman–Crippen LogP) is 4.29. The van der Waals surface area contributed by atoms with E-state index in [9.17, 15) is 18.0 Å². The Bertz CT molecular complexity index is 877. The zero-order chi connectivity index (χ0) is 18.6. The predicted molar refractivity (Wildman–Crippen MR) is 89.2 cm³/mol. The van der Waals surface area contributed by atoms with Crippen molar-refractivity contribution < 1.29 is 13.2 Å². The third-order valence-corrected chi connectivity index (χ3v) is 3.75. The van der Waals surface area contributed by atoms with Crippen LogP contribution in [0.4, 0.5) is 13.2 Å². The van der Waals surface area contributed by atoms with Crippen molar-refractivity contribution in [3.63, 3.8) is 0 Å². The van der Waals surface area contributed by atoms with Crippen LogP contribution in [-0.4, -0.2) is 10.9 Å². The van der Waals surface area contributed by atoms with E-state index in [1.54, 1.807) is 30.3 Å². The molecule has 0 aliphatic carbocycles. The van der Waals surface area contributed by atoms with E-state index in [1.807, 2.05) is 13.8 Å². The van der Waals surface area contributed by atoms with Crippen LogP contribution < -0.4 is 5.56 Å². The zero-order valence-corrected chi connectivity index (χ0v) is 13.7. The lowest BCUT2D eigenvalue weighted by atomic mass is 10.0. The van der Waals surface area contributed by atoms with E-state index in [4.69, 9.17) is 5.26 Å². The second kappa shape index (κ2) is 7.34. The summed E-state index contributed by atoms with van der Waals surface area (Å²) in [6, 6.07) is 10.3. The second-order valence-electron chi connectivity index (χ2n) is 5.56. The SMILES string of the molecule is CCC(C)/C=N/n1c(-c2ccccc2)cc(C(F)(F)F)c(C#N)c1=O. The first-order chi connectivity index (χ1) is 11.8. The average Bonchev–Trinajstić information content (AvgIpc) is 2.59. The molecule has 0 amide bonds. The number of halogens is 3. The van der Waals surface area contributed by atoms with Crippen molar-refractivity contribution in [1.82, 2.24) is 4.68 Å². The summed E-state index contributed by atoms with van der Waals surface area (Å²) in [6.45, 7) is 3.79. The fourth-order valence-corrected chi connectivity index (χ4v) is 2.15. The lowest BCUT2D eigenvalue weighted by Gasteiger charge is -2.14. The van der Waals surface area contributed by atoms with Crippen LogP contribution in [0, 0.1) is 17.2 Å². The van der Waals surface area contributed by atoms with Gasteiger partial charge in [0.05, 0.1) is 11.3 Å². The standard InChI is InChI=1S/C18H16F3N3O/c1-3-12(2)11-23-24-16(13-7-5-4-6-8-13)9-15(18(19,20)21)14(10-22)17(24)25/h4-9,11-12H,3H2,1-2H3/b23-11+. The Morgan fingerprint density at radius 3 is 2.48 bits per heavy atom. The maximum absolute atomic E-state index is 13.3. The maximum Gasteiger partial charge on any atom is 0.417 e. The summed E-state index contributed by atoms with van der Waals surface area (Å²) in [5.74, 6) is 0.0309. The molecule has 1 heterocycles. The van der Waals surface area contributed by atoms with Crippen LogP contribution in [0.15, 0.2) is 46.3 Å². The van der Waals surface area contributed by atoms with Crippen molar-refractivity contribution in [3.05, 3.63) is 57.9 Å². The average molecular weight is 347 g/mol. The zero-order valence-electron chi connectivity index (χ0n) is 13.7. The number of benzene rings is 1. The van der Waals surface area contributed by atoms with Gasteiger partial charge in [0.2, 0.25) is 0 Å². The molecule has 0 bridgehead atoms. The van der Waals surface area contributed by atoms with E-state index in [1.165, 1.54) is 12.3 Å². The summed E-state index contributed by atoms with van der Waals surface area (Å²) in [6.07, 6.45) is -2.57. The molecule has 2 aromatic rings. The molecule has 2 rings (SSSR count). The van der Waals surface area contributed by atoms with Crippen LogP contribution in [0.5, 0.6) is 0 Å². The number of nitrogens with zero attached hydrogens (tertiary/aromatic N) is 3. The topological polar surface area (TPSA) is 58.1 Å². The molecule has 0 radical (unpaired) electrons. The van der Waals surface area contributed by atoms with Crippen LogP contribution in [-0.2, 0) is 6.18 Å². The summed E-state index contributed by atoms with van der Waals surface area (Å²) < 4.78 is 40.7. The van der Waals surface area contributed by atoms with Crippen molar-refractivity contribution in [2.45, 2.75) is 26.4 Å². The van der Waals surface area contributed by atoms with E-state index in [0.29, 0.717) is 5.56 Å². The van der Waals surface area contributed by atoms with Gasteiger partial charge in [-0.15, -0.1) is 0 Å². The molecule has 0 N–H and O–H groups in total. The monoisotopic (exact) mass is 347 g/mol. The first-order valence-electron chi connectivity index (χ1n) is 7.66. The molecule has 0 aliphatic rings. The molecule has 1 aromatic carbocycles. The fourth-order valence-electron chi connectivity index (χ4n) is 2.15. The van der Waals surface area contributed by atoms with Gasteiger partial charge in [0, 0.05) is 11.8 Å². The van der Waals surface area contributed by atoms with Crippen LogP contribution in [0.1, 0.15) is 31.4 Å². The molecule has 1 aromatic heterocycles. The van der Waals surface area contributed by atoms with Gasteiger partial charge in [0.15, 0.2) is 0 Å². The van der Waals surface area contributed by atoms with Gasteiger partial charge in [0.25, 0.3) is 5.56 Å². The molecule has 25 heavy (non-hydrogen) atoms. The van der Waals surface area contributed by atoms with Crippen molar-refractivity contribution in [2.75, 3.05) is 0 Å². The van der Waals surface area contributed by atoms with Crippen molar-refractivity contribution in [2.24, 2.45) is 11.0 Å². The van der Waals surface area contributed by atoms with Gasteiger partial charge >= 0.3 is 6.18 Å². The maximum atomic E-state index is 13.3. The van der Waals surface area contributed by atoms with Gasteiger partial charge in [-0.3, -0.25) is 4.79 Å².